The Morgan fingerprint density at radius 1 is 1.00 bits per heavy atom. The van der Waals surface area contributed by atoms with Crippen LogP contribution in [-0.4, -0.2) is 30.0 Å². The molecule has 0 unspecified atom stereocenters. The number of nitriles is 1. The number of aromatic nitrogens is 2. The number of aryl methyl sites for hydroxylation is 1. The number of benzene rings is 2. The molecule has 0 fully saturated rings. The molecular formula is C26H21N5O3S2. The van der Waals surface area contributed by atoms with Gasteiger partial charge in [-0.05, 0) is 55.5 Å². The molecule has 2 N–H and O–H groups in total. The van der Waals surface area contributed by atoms with Crippen LogP contribution in [-0.2, 0) is 14.8 Å². The first-order chi connectivity index (χ1) is 17.3. The van der Waals surface area contributed by atoms with E-state index in [-0.39, 0.29) is 22.4 Å². The van der Waals surface area contributed by atoms with Gasteiger partial charge in [0.05, 0.1) is 21.9 Å². The Balaban J connectivity index is 1.39. The Bertz CT molecular complexity index is 1520. The number of carbonyl (C=O) groups is 1. The highest BCUT2D eigenvalue weighted by atomic mass is 32.2. The number of thioether (sulfide) groups is 1. The van der Waals surface area contributed by atoms with Crippen molar-refractivity contribution in [1.29, 1.82) is 5.26 Å². The van der Waals surface area contributed by atoms with E-state index in [9.17, 15) is 18.5 Å². The van der Waals surface area contributed by atoms with E-state index in [0.29, 0.717) is 22.0 Å². The summed E-state index contributed by atoms with van der Waals surface area (Å²) >= 11 is 1.16. The standard InChI is InChI=1S/C26H21N5O3S2/c1-18-5-7-19(8-6-18)23-14-9-20(16-27)26(30-23)35-17-25(32)29-21-10-12-22(13-11-21)36(33,34)31-24-4-2-3-15-28-24/h2-15H,17H2,1H3,(H,28,31)(H,29,32). The predicted octanol–water partition coefficient (Wildman–Crippen LogP) is 4.86. The van der Waals surface area contributed by atoms with E-state index in [2.05, 4.69) is 26.1 Å². The van der Waals surface area contributed by atoms with Crippen molar-refractivity contribution < 1.29 is 13.2 Å². The fourth-order valence-corrected chi connectivity index (χ4v) is 4.97. The summed E-state index contributed by atoms with van der Waals surface area (Å²) in [5.41, 5.74) is 3.60. The lowest BCUT2D eigenvalue weighted by Crippen LogP contribution is -2.15. The van der Waals surface area contributed by atoms with Crippen LogP contribution in [0, 0.1) is 18.3 Å². The van der Waals surface area contributed by atoms with E-state index in [1.165, 1.54) is 30.5 Å². The van der Waals surface area contributed by atoms with E-state index >= 15 is 0 Å². The molecule has 0 aliphatic rings. The van der Waals surface area contributed by atoms with Crippen molar-refractivity contribution in [1.82, 2.24) is 9.97 Å². The first kappa shape index (κ1) is 24.9. The zero-order chi connectivity index (χ0) is 25.5. The number of hydrogen-bond donors (Lipinski definition) is 2. The fraction of sp³-hybridized carbons (Fsp3) is 0.0769. The highest BCUT2D eigenvalue weighted by Gasteiger charge is 2.15. The van der Waals surface area contributed by atoms with E-state index in [1.807, 2.05) is 31.2 Å². The molecule has 0 radical (unpaired) electrons. The average Bonchev–Trinajstić information content (AvgIpc) is 2.88. The fourth-order valence-electron chi connectivity index (χ4n) is 3.19. The predicted molar refractivity (Wildman–Crippen MR) is 140 cm³/mol. The number of anilines is 2. The summed E-state index contributed by atoms with van der Waals surface area (Å²) in [5, 5.41) is 12.6. The number of pyridine rings is 2. The molecule has 0 aliphatic heterocycles. The lowest BCUT2D eigenvalue weighted by atomic mass is 10.1. The van der Waals surface area contributed by atoms with Gasteiger partial charge in [0.15, 0.2) is 0 Å². The summed E-state index contributed by atoms with van der Waals surface area (Å²) < 4.78 is 27.5. The Morgan fingerprint density at radius 3 is 2.42 bits per heavy atom. The molecule has 0 saturated carbocycles. The zero-order valence-corrected chi connectivity index (χ0v) is 20.8. The highest BCUT2D eigenvalue weighted by molar-refractivity contribution is 8.00. The van der Waals surface area contributed by atoms with Crippen LogP contribution in [0.5, 0.6) is 0 Å². The Kier molecular flexibility index (Phi) is 7.63. The molecule has 2 heterocycles. The number of sulfonamides is 1. The van der Waals surface area contributed by atoms with Crippen LogP contribution < -0.4 is 10.0 Å². The molecule has 0 atom stereocenters. The first-order valence-corrected chi connectivity index (χ1v) is 13.3. The van der Waals surface area contributed by atoms with Gasteiger partial charge in [-0.2, -0.15) is 5.26 Å². The number of hydrogen-bond acceptors (Lipinski definition) is 7. The van der Waals surface area contributed by atoms with Gasteiger partial charge in [0.2, 0.25) is 5.91 Å². The third-order valence-corrected chi connectivity index (χ3v) is 7.38. The Hall–Kier alpha value is -4.20. The second-order valence-corrected chi connectivity index (χ2v) is 10.4. The Labute approximate surface area is 213 Å². The first-order valence-electron chi connectivity index (χ1n) is 10.8. The van der Waals surface area contributed by atoms with Crippen LogP contribution in [0.2, 0.25) is 0 Å². The normalized spacial score (nSPS) is 10.9. The summed E-state index contributed by atoms with van der Waals surface area (Å²) in [6, 6.07) is 24.2. The molecule has 4 rings (SSSR count). The molecule has 2 aromatic carbocycles. The summed E-state index contributed by atoms with van der Waals surface area (Å²) in [6.07, 6.45) is 1.49. The molecule has 2 aromatic heterocycles. The van der Waals surface area contributed by atoms with Gasteiger partial charge in [-0.3, -0.25) is 9.52 Å². The molecule has 36 heavy (non-hydrogen) atoms. The van der Waals surface area contributed by atoms with Gasteiger partial charge in [-0.1, -0.05) is 47.7 Å². The molecule has 0 aliphatic carbocycles. The molecule has 10 heteroatoms. The van der Waals surface area contributed by atoms with Crippen LogP contribution in [0.3, 0.4) is 0 Å². The minimum absolute atomic E-state index is 0.0281. The molecule has 8 nitrogen and oxygen atoms in total. The SMILES string of the molecule is Cc1ccc(-c2ccc(C#N)c(SCC(=O)Nc3ccc(S(=O)(=O)Nc4ccccn4)cc3)n2)cc1. The monoisotopic (exact) mass is 515 g/mol. The largest absolute Gasteiger partial charge is 0.325 e. The average molecular weight is 516 g/mol. The van der Waals surface area contributed by atoms with Crippen molar-refractivity contribution in [3.8, 4) is 17.3 Å². The van der Waals surface area contributed by atoms with Gasteiger partial charge >= 0.3 is 0 Å². The minimum atomic E-state index is -3.81. The third-order valence-electron chi connectivity index (χ3n) is 5.02. The third kappa shape index (κ3) is 6.27. The maximum Gasteiger partial charge on any atom is 0.263 e. The summed E-state index contributed by atoms with van der Waals surface area (Å²) in [4.78, 5) is 21.1. The number of nitrogens with one attached hydrogen (secondary N) is 2. The van der Waals surface area contributed by atoms with Crippen LogP contribution >= 0.6 is 11.8 Å². The number of amides is 1. The minimum Gasteiger partial charge on any atom is -0.325 e. The lowest BCUT2D eigenvalue weighted by molar-refractivity contribution is -0.113. The summed E-state index contributed by atoms with van der Waals surface area (Å²) in [6.45, 7) is 2.00. The molecule has 1 amide bonds. The maximum absolute atomic E-state index is 12.5. The van der Waals surface area contributed by atoms with Gasteiger partial charge < -0.3 is 5.32 Å². The summed E-state index contributed by atoms with van der Waals surface area (Å²) in [5.74, 6) is -0.0716. The van der Waals surface area contributed by atoms with E-state index in [0.717, 1.165) is 22.9 Å². The smallest absolute Gasteiger partial charge is 0.263 e. The highest BCUT2D eigenvalue weighted by Crippen LogP contribution is 2.26. The van der Waals surface area contributed by atoms with Crippen molar-refractivity contribution in [2.75, 3.05) is 15.8 Å². The second-order valence-electron chi connectivity index (χ2n) is 7.71. The van der Waals surface area contributed by atoms with Crippen LogP contribution in [0.1, 0.15) is 11.1 Å². The number of nitrogens with zero attached hydrogens (tertiary/aromatic N) is 3. The number of carbonyl (C=O) groups excluding carboxylic acids is 1. The van der Waals surface area contributed by atoms with E-state index in [4.69, 9.17) is 0 Å². The van der Waals surface area contributed by atoms with Crippen LogP contribution in [0.15, 0.2) is 95.0 Å². The van der Waals surface area contributed by atoms with Crippen molar-refractivity contribution in [2.24, 2.45) is 0 Å². The van der Waals surface area contributed by atoms with E-state index in [1.54, 1.807) is 30.3 Å². The van der Waals surface area contributed by atoms with Gasteiger partial charge in [0.1, 0.15) is 16.9 Å². The van der Waals surface area contributed by atoms with Crippen molar-refractivity contribution in [3.63, 3.8) is 0 Å². The topological polar surface area (TPSA) is 125 Å². The van der Waals surface area contributed by atoms with Crippen molar-refractivity contribution in [2.45, 2.75) is 16.8 Å². The Morgan fingerprint density at radius 2 is 1.75 bits per heavy atom. The van der Waals surface area contributed by atoms with Crippen LogP contribution in [0.25, 0.3) is 11.3 Å². The molecule has 0 saturated heterocycles. The number of rotatable bonds is 8. The molecule has 0 spiro atoms. The molecular weight excluding hydrogens is 494 g/mol. The van der Waals surface area contributed by atoms with Crippen molar-refractivity contribution >= 4 is 39.2 Å². The molecule has 0 bridgehead atoms. The molecule has 180 valence electrons. The van der Waals surface area contributed by atoms with Gasteiger partial charge in [0, 0.05) is 17.4 Å². The van der Waals surface area contributed by atoms with Gasteiger partial charge in [-0.15, -0.1) is 0 Å². The zero-order valence-electron chi connectivity index (χ0n) is 19.2. The van der Waals surface area contributed by atoms with Gasteiger partial charge in [-0.25, -0.2) is 18.4 Å². The van der Waals surface area contributed by atoms with E-state index < -0.39 is 10.0 Å². The summed E-state index contributed by atoms with van der Waals surface area (Å²) in [7, 11) is -3.81. The quantitative estimate of drug-likeness (QED) is 0.321. The lowest BCUT2D eigenvalue weighted by Gasteiger charge is -2.09. The van der Waals surface area contributed by atoms with Crippen molar-refractivity contribution in [3.05, 3.63) is 96.2 Å². The maximum atomic E-state index is 12.5. The second kappa shape index (κ2) is 11.0. The molecule has 4 aromatic rings. The van der Waals surface area contributed by atoms with Gasteiger partial charge in [0.25, 0.3) is 10.0 Å². The van der Waals surface area contributed by atoms with Crippen LogP contribution in [0.4, 0.5) is 11.5 Å².